The van der Waals surface area contributed by atoms with Crippen molar-refractivity contribution in [2.45, 2.75) is 39.3 Å². The number of aliphatic hydroxyl groups excluding tert-OH is 1. The lowest BCUT2D eigenvalue weighted by Gasteiger charge is -2.21. The van der Waals surface area contributed by atoms with E-state index in [1.54, 1.807) is 11.3 Å². The molecule has 20 heavy (non-hydrogen) atoms. The van der Waals surface area contributed by atoms with E-state index in [9.17, 15) is 5.11 Å². The minimum atomic E-state index is 0.0498. The van der Waals surface area contributed by atoms with Gasteiger partial charge in [-0.15, -0.1) is 11.3 Å². The molecule has 0 aliphatic rings. The van der Waals surface area contributed by atoms with Crippen molar-refractivity contribution in [3.8, 4) is 0 Å². The number of thiazole rings is 1. The number of aryl methyl sites for hydroxylation is 2. The summed E-state index contributed by atoms with van der Waals surface area (Å²) in [6.07, 6.45) is 0.823. The number of nitrogens with one attached hydrogen (secondary N) is 1. The fourth-order valence-corrected chi connectivity index (χ4v) is 3.37. The van der Waals surface area contributed by atoms with Crippen LogP contribution in [0.3, 0.4) is 0 Å². The van der Waals surface area contributed by atoms with Gasteiger partial charge in [-0.05, 0) is 32.8 Å². The molecule has 0 aliphatic carbocycles. The average molecular weight is 290 g/mol. The molecule has 2 atom stereocenters. The predicted octanol–water partition coefficient (Wildman–Crippen LogP) is 3.01. The lowest BCUT2D eigenvalue weighted by molar-refractivity contribution is 0.232. The van der Waals surface area contributed by atoms with Gasteiger partial charge < -0.3 is 10.4 Å². The lowest BCUT2D eigenvalue weighted by atomic mass is 10.1. The third-order valence-corrected chi connectivity index (χ3v) is 4.28. The van der Waals surface area contributed by atoms with Gasteiger partial charge in [0.15, 0.2) is 0 Å². The minimum absolute atomic E-state index is 0.0498. The summed E-state index contributed by atoms with van der Waals surface area (Å²) in [5.41, 5.74) is 2.33. The van der Waals surface area contributed by atoms with Gasteiger partial charge in [-0.25, -0.2) is 4.98 Å². The Morgan fingerprint density at radius 1 is 1.25 bits per heavy atom. The van der Waals surface area contributed by atoms with Crippen LogP contribution in [0.2, 0.25) is 0 Å². The first-order valence-corrected chi connectivity index (χ1v) is 7.76. The maximum Gasteiger partial charge on any atom is 0.0900 e. The van der Waals surface area contributed by atoms with E-state index < -0.39 is 0 Å². The van der Waals surface area contributed by atoms with Crippen LogP contribution in [0.15, 0.2) is 30.3 Å². The van der Waals surface area contributed by atoms with Gasteiger partial charge in [0.1, 0.15) is 0 Å². The highest BCUT2D eigenvalue weighted by molar-refractivity contribution is 7.11. The molecule has 2 rings (SSSR count). The fourth-order valence-electron chi connectivity index (χ4n) is 2.45. The topological polar surface area (TPSA) is 45.2 Å². The van der Waals surface area contributed by atoms with Crippen molar-refractivity contribution < 1.29 is 5.11 Å². The summed E-state index contributed by atoms with van der Waals surface area (Å²) in [7, 11) is 0. The van der Waals surface area contributed by atoms with Gasteiger partial charge in [0.05, 0.1) is 17.3 Å². The normalized spacial score (nSPS) is 14.2. The second-order valence-corrected chi connectivity index (χ2v) is 6.54. The zero-order valence-electron chi connectivity index (χ0n) is 12.3. The van der Waals surface area contributed by atoms with Crippen molar-refractivity contribution >= 4 is 11.3 Å². The largest absolute Gasteiger partial charge is 0.395 e. The number of rotatable bonds is 6. The van der Waals surface area contributed by atoms with E-state index in [0.717, 1.165) is 17.1 Å². The fraction of sp³-hybridized carbons (Fsp3) is 0.438. The molecule has 108 valence electrons. The van der Waals surface area contributed by atoms with Gasteiger partial charge in [0.25, 0.3) is 0 Å². The molecule has 2 unspecified atom stereocenters. The zero-order chi connectivity index (χ0) is 14.5. The molecule has 1 aromatic heterocycles. The number of aromatic nitrogens is 1. The smallest absolute Gasteiger partial charge is 0.0900 e. The third kappa shape index (κ3) is 3.88. The van der Waals surface area contributed by atoms with Crippen LogP contribution in [0.5, 0.6) is 0 Å². The molecule has 0 saturated carbocycles. The quantitative estimate of drug-likeness (QED) is 0.859. The summed E-state index contributed by atoms with van der Waals surface area (Å²) in [6.45, 7) is 6.36. The molecule has 0 bridgehead atoms. The maximum absolute atomic E-state index is 9.58. The van der Waals surface area contributed by atoms with Crippen LogP contribution >= 0.6 is 11.3 Å². The molecule has 0 spiro atoms. The molecule has 4 heteroatoms. The SMILES string of the molecule is Cc1nc(C(C)NC(CO)Cc2ccccc2)c(C)s1. The van der Waals surface area contributed by atoms with Gasteiger partial charge in [-0.1, -0.05) is 30.3 Å². The van der Waals surface area contributed by atoms with E-state index in [-0.39, 0.29) is 18.7 Å². The Labute approximate surface area is 124 Å². The van der Waals surface area contributed by atoms with Crippen molar-refractivity contribution in [1.29, 1.82) is 0 Å². The van der Waals surface area contributed by atoms with Crippen molar-refractivity contribution in [3.05, 3.63) is 51.5 Å². The Morgan fingerprint density at radius 3 is 2.50 bits per heavy atom. The molecular weight excluding hydrogens is 268 g/mol. The van der Waals surface area contributed by atoms with E-state index in [4.69, 9.17) is 0 Å². The summed E-state index contributed by atoms with van der Waals surface area (Å²) >= 11 is 1.72. The lowest BCUT2D eigenvalue weighted by Crippen LogP contribution is -2.36. The first kappa shape index (κ1) is 15.2. The monoisotopic (exact) mass is 290 g/mol. The van der Waals surface area contributed by atoms with Crippen LogP contribution < -0.4 is 5.32 Å². The van der Waals surface area contributed by atoms with Crippen LogP contribution in [-0.4, -0.2) is 22.7 Å². The molecule has 0 fully saturated rings. The van der Waals surface area contributed by atoms with Crippen molar-refractivity contribution in [3.63, 3.8) is 0 Å². The van der Waals surface area contributed by atoms with Gasteiger partial charge in [-0.3, -0.25) is 0 Å². The van der Waals surface area contributed by atoms with E-state index in [1.807, 2.05) is 25.1 Å². The second kappa shape index (κ2) is 6.97. The minimum Gasteiger partial charge on any atom is -0.395 e. The number of nitrogens with zero attached hydrogens (tertiary/aromatic N) is 1. The second-order valence-electron chi connectivity index (χ2n) is 5.13. The van der Waals surface area contributed by atoms with Crippen molar-refractivity contribution in [1.82, 2.24) is 10.3 Å². The Morgan fingerprint density at radius 2 is 1.95 bits per heavy atom. The highest BCUT2D eigenvalue weighted by atomic mass is 32.1. The van der Waals surface area contributed by atoms with E-state index in [2.05, 4.69) is 36.3 Å². The standard InChI is InChI=1S/C16H22N2OS/c1-11(16-12(2)20-13(3)18-16)17-15(10-19)9-14-7-5-4-6-8-14/h4-8,11,15,17,19H,9-10H2,1-3H3. The van der Waals surface area contributed by atoms with Crippen LogP contribution in [0.25, 0.3) is 0 Å². The molecule has 1 heterocycles. The molecule has 2 aromatic rings. The van der Waals surface area contributed by atoms with Crippen LogP contribution in [-0.2, 0) is 6.42 Å². The van der Waals surface area contributed by atoms with E-state index >= 15 is 0 Å². The number of benzene rings is 1. The Hall–Kier alpha value is -1.23. The molecule has 0 radical (unpaired) electrons. The number of hydrogen-bond donors (Lipinski definition) is 2. The maximum atomic E-state index is 9.58. The number of hydrogen-bond acceptors (Lipinski definition) is 4. The summed E-state index contributed by atoms with van der Waals surface area (Å²) in [4.78, 5) is 5.83. The molecular formula is C16H22N2OS. The summed E-state index contributed by atoms with van der Waals surface area (Å²) in [6, 6.07) is 10.5. The molecule has 0 aliphatic heterocycles. The Balaban J connectivity index is 2.01. The molecule has 0 saturated heterocycles. The average Bonchev–Trinajstić information content (AvgIpc) is 2.78. The molecule has 0 amide bonds. The first-order chi connectivity index (χ1) is 9.60. The molecule has 2 N–H and O–H groups in total. The van der Waals surface area contributed by atoms with Gasteiger partial charge in [0.2, 0.25) is 0 Å². The van der Waals surface area contributed by atoms with Crippen molar-refractivity contribution in [2.24, 2.45) is 0 Å². The zero-order valence-corrected chi connectivity index (χ0v) is 13.1. The highest BCUT2D eigenvalue weighted by Crippen LogP contribution is 2.23. The summed E-state index contributed by atoms with van der Waals surface area (Å²) in [5, 5.41) is 14.1. The van der Waals surface area contributed by atoms with Gasteiger partial charge >= 0.3 is 0 Å². The van der Waals surface area contributed by atoms with Gasteiger partial charge in [-0.2, -0.15) is 0 Å². The molecule has 3 nitrogen and oxygen atoms in total. The van der Waals surface area contributed by atoms with Gasteiger partial charge in [0, 0.05) is 17.0 Å². The van der Waals surface area contributed by atoms with Crippen molar-refractivity contribution in [2.75, 3.05) is 6.61 Å². The first-order valence-electron chi connectivity index (χ1n) is 6.95. The van der Waals surface area contributed by atoms with E-state index in [0.29, 0.717) is 0 Å². The van der Waals surface area contributed by atoms with Crippen LogP contribution in [0.4, 0.5) is 0 Å². The summed E-state index contributed by atoms with van der Waals surface area (Å²) < 4.78 is 0. The highest BCUT2D eigenvalue weighted by Gasteiger charge is 2.17. The van der Waals surface area contributed by atoms with E-state index in [1.165, 1.54) is 10.4 Å². The van der Waals surface area contributed by atoms with Crippen LogP contribution in [0.1, 0.15) is 34.1 Å². The number of aliphatic hydroxyl groups is 1. The van der Waals surface area contributed by atoms with Crippen LogP contribution in [0, 0.1) is 13.8 Å². The Kier molecular flexibility index (Phi) is 5.29. The third-order valence-electron chi connectivity index (χ3n) is 3.38. The molecule has 1 aromatic carbocycles. The Bertz CT molecular complexity index is 539. The predicted molar refractivity (Wildman–Crippen MR) is 84.2 cm³/mol. The summed E-state index contributed by atoms with van der Waals surface area (Å²) in [5.74, 6) is 0.